The van der Waals surface area contributed by atoms with Gasteiger partial charge in [-0.1, -0.05) is 15.9 Å². The van der Waals surface area contributed by atoms with Crippen molar-refractivity contribution in [1.82, 2.24) is 10.2 Å². The molecule has 2 heterocycles. The first-order chi connectivity index (χ1) is 9.52. The van der Waals surface area contributed by atoms with Gasteiger partial charge in [0.25, 0.3) is 0 Å². The van der Waals surface area contributed by atoms with Crippen molar-refractivity contribution in [2.45, 2.75) is 38.9 Å². The van der Waals surface area contributed by atoms with Gasteiger partial charge in [-0.25, -0.2) is 0 Å². The van der Waals surface area contributed by atoms with Crippen LogP contribution in [0.25, 0.3) is 11.0 Å². The lowest BCUT2D eigenvalue weighted by Gasteiger charge is -2.38. The normalized spacial score (nSPS) is 26.0. The highest BCUT2D eigenvalue weighted by molar-refractivity contribution is 9.10. The van der Waals surface area contributed by atoms with Gasteiger partial charge in [0.15, 0.2) is 0 Å². The Morgan fingerprint density at radius 3 is 2.65 bits per heavy atom. The van der Waals surface area contributed by atoms with Gasteiger partial charge in [-0.05, 0) is 45.0 Å². The van der Waals surface area contributed by atoms with Crippen LogP contribution in [0.5, 0.6) is 0 Å². The van der Waals surface area contributed by atoms with E-state index >= 15 is 0 Å². The molecule has 3 atom stereocenters. The Bertz CT molecular complexity index is 600. The number of fused-ring (bicyclic) bond motifs is 1. The molecule has 1 fully saturated rings. The Kier molecular flexibility index (Phi) is 3.89. The highest BCUT2D eigenvalue weighted by Gasteiger charge is 2.27. The SMILES string of the molecule is CC1CN(C(C)c2cc3cc(Br)ccc3o2)CC(C)N1. The van der Waals surface area contributed by atoms with Crippen molar-refractivity contribution >= 4 is 26.9 Å². The van der Waals surface area contributed by atoms with Crippen LogP contribution in [0.1, 0.15) is 32.6 Å². The van der Waals surface area contributed by atoms with E-state index < -0.39 is 0 Å². The van der Waals surface area contributed by atoms with Gasteiger partial charge in [0, 0.05) is 35.0 Å². The van der Waals surface area contributed by atoms with E-state index in [4.69, 9.17) is 4.42 Å². The van der Waals surface area contributed by atoms with Gasteiger partial charge < -0.3 is 9.73 Å². The van der Waals surface area contributed by atoms with Crippen molar-refractivity contribution in [2.75, 3.05) is 13.1 Å². The predicted molar refractivity (Wildman–Crippen MR) is 86.0 cm³/mol. The fourth-order valence-corrected chi connectivity index (χ4v) is 3.48. The standard InChI is InChI=1S/C16H21BrN2O/c1-10-8-19(9-11(2)18-10)12(3)16-7-13-6-14(17)4-5-15(13)20-16/h4-7,10-12,18H,8-9H2,1-3H3. The second-order valence-corrected chi connectivity index (χ2v) is 6.85. The maximum Gasteiger partial charge on any atom is 0.134 e. The van der Waals surface area contributed by atoms with E-state index in [0.29, 0.717) is 18.1 Å². The summed E-state index contributed by atoms with van der Waals surface area (Å²) in [6.45, 7) is 8.84. The van der Waals surface area contributed by atoms with Crippen LogP contribution in [0.4, 0.5) is 0 Å². The molecular formula is C16H21BrN2O. The first kappa shape index (κ1) is 14.1. The molecule has 1 aliphatic heterocycles. The highest BCUT2D eigenvalue weighted by Crippen LogP contribution is 2.30. The Morgan fingerprint density at radius 2 is 1.95 bits per heavy atom. The van der Waals surface area contributed by atoms with E-state index in [1.165, 1.54) is 0 Å². The third-order valence-electron chi connectivity index (χ3n) is 4.04. The van der Waals surface area contributed by atoms with E-state index in [-0.39, 0.29) is 0 Å². The summed E-state index contributed by atoms with van der Waals surface area (Å²) in [4.78, 5) is 2.50. The number of nitrogens with zero attached hydrogens (tertiary/aromatic N) is 1. The minimum Gasteiger partial charge on any atom is -0.459 e. The zero-order chi connectivity index (χ0) is 14.3. The van der Waals surface area contributed by atoms with Crippen LogP contribution in [0.15, 0.2) is 33.2 Å². The van der Waals surface area contributed by atoms with Gasteiger partial charge in [0.1, 0.15) is 11.3 Å². The van der Waals surface area contributed by atoms with Crippen molar-refractivity contribution < 1.29 is 4.42 Å². The molecule has 0 amide bonds. The summed E-state index contributed by atoms with van der Waals surface area (Å²) in [6, 6.07) is 9.70. The summed E-state index contributed by atoms with van der Waals surface area (Å²) in [7, 11) is 0. The molecule has 0 spiro atoms. The lowest BCUT2D eigenvalue weighted by molar-refractivity contribution is 0.120. The Morgan fingerprint density at radius 1 is 1.25 bits per heavy atom. The Labute approximate surface area is 128 Å². The summed E-state index contributed by atoms with van der Waals surface area (Å²) in [5, 5.41) is 4.74. The molecule has 0 radical (unpaired) electrons. The number of halogens is 1. The van der Waals surface area contributed by atoms with Crippen LogP contribution in [-0.4, -0.2) is 30.1 Å². The van der Waals surface area contributed by atoms with Gasteiger partial charge in [-0.2, -0.15) is 0 Å². The number of rotatable bonds is 2. The number of nitrogens with one attached hydrogen (secondary N) is 1. The third kappa shape index (κ3) is 2.78. The number of hydrogen-bond donors (Lipinski definition) is 1. The molecule has 1 aromatic heterocycles. The number of piperazine rings is 1. The lowest BCUT2D eigenvalue weighted by Crippen LogP contribution is -2.54. The van der Waals surface area contributed by atoms with E-state index in [1.54, 1.807) is 0 Å². The Hall–Kier alpha value is -0.840. The van der Waals surface area contributed by atoms with Crippen LogP contribution in [0.3, 0.4) is 0 Å². The quantitative estimate of drug-likeness (QED) is 0.900. The first-order valence-corrected chi connectivity index (χ1v) is 8.01. The van der Waals surface area contributed by atoms with E-state index in [9.17, 15) is 0 Å². The van der Waals surface area contributed by atoms with Crippen LogP contribution in [-0.2, 0) is 0 Å². The van der Waals surface area contributed by atoms with Crippen molar-refractivity contribution in [1.29, 1.82) is 0 Å². The first-order valence-electron chi connectivity index (χ1n) is 7.22. The number of furan rings is 1. The summed E-state index contributed by atoms with van der Waals surface area (Å²) >= 11 is 3.51. The van der Waals surface area contributed by atoms with Gasteiger partial charge >= 0.3 is 0 Å². The molecule has 2 aromatic rings. The molecule has 1 saturated heterocycles. The molecule has 3 unspecified atom stereocenters. The van der Waals surface area contributed by atoms with Gasteiger partial charge in [0.2, 0.25) is 0 Å². The maximum atomic E-state index is 6.03. The van der Waals surface area contributed by atoms with E-state index in [2.05, 4.69) is 59.1 Å². The summed E-state index contributed by atoms with van der Waals surface area (Å²) < 4.78 is 7.12. The molecule has 0 bridgehead atoms. The largest absolute Gasteiger partial charge is 0.459 e. The average molecular weight is 337 g/mol. The second-order valence-electron chi connectivity index (χ2n) is 5.93. The maximum absolute atomic E-state index is 6.03. The van der Waals surface area contributed by atoms with Crippen molar-refractivity contribution in [2.24, 2.45) is 0 Å². The van der Waals surface area contributed by atoms with Crippen LogP contribution in [0, 0.1) is 0 Å². The molecule has 0 saturated carbocycles. The second kappa shape index (κ2) is 5.51. The number of benzene rings is 1. The third-order valence-corrected chi connectivity index (χ3v) is 4.54. The van der Waals surface area contributed by atoms with Gasteiger partial charge in [-0.3, -0.25) is 4.90 Å². The predicted octanol–water partition coefficient (Wildman–Crippen LogP) is 3.94. The van der Waals surface area contributed by atoms with Crippen LogP contribution >= 0.6 is 15.9 Å². The number of hydrogen-bond acceptors (Lipinski definition) is 3. The fraction of sp³-hybridized carbons (Fsp3) is 0.500. The topological polar surface area (TPSA) is 28.4 Å². The van der Waals surface area contributed by atoms with E-state index in [0.717, 1.165) is 34.3 Å². The highest BCUT2D eigenvalue weighted by atomic mass is 79.9. The molecule has 1 aromatic carbocycles. The van der Waals surface area contributed by atoms with Gasteiger partial charge in [-0.15, -0.1) is 0 Å². The average Bonchev–Trinajstić information content (AvgIpc) is 2.79. The van der Waals surface area contributed by atoms with Crippen molar-refractivity contribution in [3.8, 4) is 0 Å². The van der Waals surface area contributed by atoms with Gasteiger partial charge in [0.05, 0.1) is 6.04 Å². The molecule has 3 rings (SSSR count). The molecule has 108 valence electrons. The summed E-state index contributed by atoms with van der Waals surface area (Å²) in [5.41, 5.74) is 0.964. The van der Waals surface area contributed by atoms with Crippen molar-refractivity contribution in [3.63, 3.8) is 0 Å². The molecule has 3 nitrogen and oxygen atoms in total. The monoisotopic (exact) mass is 336 g/mol. The van der Waals surface area contributed by atoms with Crippen molar-refractivity contribution in [3.05, 3.63) is 34.5 Å². The fourth-order valence-electron chi connectivity index (χ4n) is 3.11. The molecule has 1 aliphatic rings. The zero-order valence-corrected chi connectivity index (χ0v) is 13.8. The lowest BCUT2D eigenvalue weighted by atomic mass is 10.1. The Balaban J connectivity index is 1.86. The minimum atomic E-state index is 0.313. The van der Waals surface area contributed by atoms with E-state index in [1.807, 2.05) is 12.1 Å². The smallest absolute Gasteiger partial charge is 0.134 e. The molecular weight excluding hydrogens is 316 g/mol. The van der Waals surface area contributed by atoms with Crippen LogP contribution < -0.4 is 5.32 Å². The molecule has 4 heteroatoms. The molecule has 1 N–H and O–H groups in total. The zero-order valence-electron chi connectivity index (χ0n) is 12.2. The summed E-state index contributed by atoms with van der Waals surface area (Å²) in [6.07, 6.45) is 0. The van der Waals surface area contributed by atoms with Crippen LogP contribution in [0.2, 0.25) is 0 Å². The molecule has 20 heavy (non-hydrogen) atoms. The molecule has 0 aliphatic carbocycles. The summed E-state index contributed by atoms with van der Waals surface area (Å²) in [5.74, 6) is 1.06. The minimum absolute atomic E-state index is 0.313.